The van der Waals surface area contributed by atoms with Crippen molar-refractivity contribution >= 4 is 27.8 Å². The molecular formula is C27H48O8P2+2. The molecule has 0 spiro atoms. The second-order valence-electron chi connectivity index (χ2n) is 10.5. The summed E-state index contributed by atoms with van der Waals surface area (Å²) in [7, 11) is -3.60. The number of carbonyl (C=O) groups is 2. The lowest BCUT2D eigenvalue weighted by Gasteiger charge is -2.24. The van der Waals surface area contributed by atoms with E-state index >= 15 is 0 Å². The van der Waals surface area contributed by atoms with E-state index in [1.54, 1.807) is 20.8 Å². The SMILES string of the molecule is CCC(OC(C)C(=O)OC1CCCCC1)[P+](=O)CCCC[P+](=O)OC(C)C(C)C(=O)OC1CCCCC1. The average Bonchev–Trinajstić information content (AvgIpc) is 2.90. The van der Waals surface area contributed by atoms with Crippen LogP contribution in [0.1, 0.15) is 111 Å². The van der Waals surface area contributed by atoms with Crippen LogP contribution >= 0.6 is 15.8 Å². The van der Waals surface area contributed by atoms with E-state index in [-0.39, 0.29) is 24.1 Å². The Bertz CT molecular complexity index is 734. The molecule has 0 heterocycles. The van der Waals surface area contributed by atoms with E-state index < -0.39 is 39.8 Å². The Balaban J connectivity index is 1.63. The molecule has 0 aliphatic heterocycles. The number of carbonyl (C=O) groups excluding carboxylic acids is 2. The highest BCUT2D eigenvalue weighted by Crippen LogP contribution is 2.35. The number of ether oxygens (including phenoxy) is 3. The van der Waals surface area contributed by atoms with Crippen LogP contribution in [0.5, 0.6) is 0 Å². The first-order valence-electron chi connectivity index (χ1n) is 14.3. The molecule has 0 aromatic carbocycles. The number of esters is 2. The van der Waals surface area contributed by atoms with Crippen LogP contribution in [-0.2, 0) is 37.5 Å². The van der Waals surface area contributed by atoms with Crippen LogP contribution < -0.4 is 0 Å². The molecule has 6 unspecified atom stereocenters. The molecule has 2 aliphatic rings. The van der Waals surface area contributed by atoms with Gasteiger partial charge in [0.1, 0.15) is 24.5 Å². The number of unbranched alkanes of at least 4 members (excludes halogenated alkanes) is 1. The lowest BCUT2D eigenvalue weighted by Crippen LogP contribution is -2.31. The standard InChI is InChI=1S/C27H48O8P2/c1-5-25(32-22(4)27(29)34-24-16-10-7-11-17-24)36(30)18-12-13-19-37(31)35-21(3)20(2)26(28)33-23-14-8-6-9-15-23/h20-25H,5-19H2,1-4H3/q+2. The molecule has 0 aromatic rings. The average molecular weight is 563 g/mol. The van der Waals surface area contributed by atoms with Crippen LogP contribution in [-0.4, -0.2) is 54.5 Å². The van der Waals surface area contributed by atoms with Crippen LogP contribution in [0.25, 0.3) is 0 Å². The summed E-state index contributed by atoms with van der Waals surface area (Å²) in [6.45, 7) is 7.05. The van der Waals surface area contributed by atoms with Crippen LogP contribution in [0.4, 0.5) is 0 Å². The van der Waals surface area contributed by atoms with Crippen molar-refractivity contribution in [1.82, 2.24) is 0 Å². The lowest BCUT2D eigenvalue weighted by atomic mass is 9.97. The summed E-state index contributed by atoms with van der Waals surface area (Å²) in [5.74, 6) is -1.66. The topological polar surface area (TPSA) is 105 Å². The Kier molecular flexibility index (Phi) is 15.4. The highest BCUT2D eigenvalue weighted by atomic mass is 31.1. The summed E-state index contributed by atoms with van der Waals surface area (Å²) in [6.07, 6.45) is 11.6. The zero-order chi connectivity index (χ0) is 27.2. The van der Waals surface area contributed by atoms with Crippen molar-refractivity contribution in [3.63, 3.8) is 0 Å². The van der Waals surface area contributed by atoms with E-state index in [0.29, 0.717) is 31.6 Å². The van der Waals surface area contributed by atoms with Gasteiger partial charge >= 0.3 is 27.8 Å². The van der Waals surface area contributed by atoms with Gasteiger partial charge in [0.25, 0.3) is 5.85 Å². The summed E-state index contributed by atoms with van der Waals surface area (Å²) < 4.78 is 47.8. The molecule has 2 saturated carbocycles. The van der Waals surface area contributed by atoms with Gasteiger partial charge in [-0.3, -0.25) is 4.79 Å². The molecule has 2 aliphatic carbocycles. The van der Waals surface area contributed by atoms with Crippen molar-refractivity contribution in [1.29, 1.82) is 0 Å². The highest BCUT2D eigenvalue weighted by molar-refractivity contribution is 7.45. The van der Waals surface area contributed by atoms with Gasteiger partial charge in [-0.15, -0.1) is 4.52 Å². The first kappa shape index (κ1) is 32.3. The molecule has 2 rings (SSSR count). The third-order valence-electron chi connectivity index (χ3n) is 7.36. The first-order chi connectivity index (χ1) is 17.7. The highest BCUT2D eigenvalue weighted by Gasteiger charge is 2.35. The van der Waals surface area contributed by atoms with Gasteiger partial charge < -0.3 is 14.2 Å². The van der Waals surface area contributed by atoms with Gasteiger partial charge in [0.2, 0.25) is 0 Å². The molecule has 0 N–H and O–H groups in total. The second kappa shape index (κ2) is 17.6. The zero-order valence-electron chi connectivity index (χ0n) is 23.2. The fourth-order valence-corrected chi connectivity index (χ4v) is 7.42. The summed E-state index contributed by atoms with van der Waals surface area (Å²) in [4.78, 5) is 24.8. The maximum atomic E-state index is 12.8. The monoisotopic (exact) mass is 562 g/mol. The van der Waals surface area contributed by atoms with Gasteiger partial charge in [-0.2, -0.15) is 0 Å². The number of rotatable bonds is 16. The van der Waals surface area contributed by atoms with Crippen molar-refractivity contribution in [2.45, 2.75) is 141 Å². The van der Waals surface area contributed by atoms with Crippen molar-refractivity contribution in [3.05, 3.63) is 0 Å². The van der Waals surface area contributed by atoms with Gasteiger partial charge in [0.05, 0.1) is 5.92 Å². The van der Waals surface area contributed by atoms with E-state index in [2.05, 4.69) is 0 Å². The first-order valence-corrected chi connectivity index (χ1v) is 17.2. The predicted octanol–water partition coefficient (Wildman–Crippen LogP) is 7.27. The molecule has 0 aromatic heterocycles. The molecule has 37 heavy (non-hydrogen) atoms. The van der Waals surface area contributed by atoms with Gasteiger partial charge in [-0.1, -0.05) is 24.3 Å². The number of hydrogen-bond donors (Lipinski definition) is 0. The molecular weight excluding hydrogens is 514 g/mol. The minimum absolute atomic E-state index is 0.00639. The van der Waals surface area contributed by atoms with Crippen molar-refractivity contribution in [3.8, 4) is 0 Å². The third-order valence-corrected chi connectivity index (χ3v) is 10.5. The normalized spacial score (nSPS) is 21.4. The van der Waals surface area contributed by atoms with E-state index in [4.69, 9.17) is 18.7 Å². The summed E-state index contributed by atoms with van der Waals surface area (Å²) in [5, 5.41) is 0. The van der Waals surface area contributed by atoms with E-state index in [9.17, 15) is 18.7 Å². The Labute approximate surface area is 224 Å². The maximum Gasteiger partial charge on any atom is 0.508 e. The molecule has 10 heteroatoms. The largest absolute Gasteiger partial charge is 0.508 e. The fourth-order valence-electron chi connectivity index (χ4n) is 4.73. The molecule has 0 radical (unpaired) electrons. The van der Waals surface area contributed by atoms with Gasteiger partial charge in [-0.25, -0.2) is 4.79 Å². The fraction of sp³-hybridized carbons (Fsp3) is 0.926. The van der Waals surface area contributed by atoms with Crippen LogP contribution in [0.3, 0.4) is 0 Å². The molecule has 0 bridgehead atoms. The van der Waals surface area contributed by atoms with Crippen molar-refractivity contribution in [2.24, 2.45) is 5.92 Å². The van der Waals surface area contributed by atoms with Gasteiger partial charge in [0.15, 0.2) is 12.3 Å². The Morgan fingerprint density at radius 3 is 1.84 bits per heavy atom. The van der Waals surface area contributed by atoms with Gasteiger partial charge in [0, 0.05) is 6.42 Å². The van der Waals surface area contributed by atoms with Crippen molar-refractivity contribution < 1.29 is 37.5 Å². The Hall–Kier alpha value is -0.940. The van der Waals surface area contributed by atoms with Crippen LogP contribution in [0.15, 0.2) is 0 Å². The lowest BCUT2D eigenvalue weighted by molar-refractivity contribution is -0.164. The Morgan fingerprint density at radius 2 is 1.30 bits per heavy atom. The van der Waals surface area contributed by atoms with Crippen molar-refractivity contribution in [2.75, 3.05) is 12.3 Å². The molecule has 0 saturated heterocycles. The Morgan fingerprint density at radius 1 is 0.784 bits per heavy atom. The minimum Gasteiger partial charge on any atom is -0.462 e. The maximum absolute atomic E-state index is 12.8. The minimum atomic E-state index is -1.92. The predicted molar refractivity (Wildman–Crippen MR) is 144 cm³/mol. The van der Waals surface area contributed by atoms with E-state index in [0.717, 1.165) is 51.4 Å². The van der Waals surface area contributed by atoms with E-state index in [1.165, 1.54) is 12.8 Å². The second-order valence-corrected chi connectivity index (χ2v) is 13.7. The molecule has 0 amide bonds. The van der Waals surface area contributed by atoms with E-state index in [1.807, 2.05) is 6.92 Å². The summed E-state index contributed by atoms with van der Waals surface area (Å²) in [6, 6.07) is 0. The van der Waals surface area contributed by atoms with Crippen LogP contribution in [0, 0.1) is 5.92 Å². The van der Waals surface area contributed by atoms with Crippen LogP contribution in [0.2, 0.25) is 0 Å². The molecule has 212 valence electrons. The molecule has 2 fully saturated rings. The summed E-state index contributed by atoms with van der Waals surface area (Å²) >= 11 is 0. The molecule has 8 nitrogen and oxygen atoms in total. The molecule has 6 atom stereocenters. The third kappa shape index (κ3) is 12.2. The van der Waals surface area contributed by atoms with Gasteiger partial charge in [-0.05, 0) is 89.5 Å². The smallest absolute Gasteiger partial charge is 0.462 e. The quantitative estimate of drug-likeness (QED) is 0.110. The number of hydrogen-bond acceptors (Lipinski definition) is 8. The zero-order valence-corrected chi connectivity index (χ0v) is 25.0. The summed E-state index contributed by atoms with van der Waals surface area (Å²) in [5.41, 5.74) is 0.